The Labute approximate surface area is 176 Å². The molecule has 0 unspecified atom stereocenters. The number of benzene rings is 2. The first-order valence-electron chi connectivity index (χ1n) is 9.04. The first-order chi connectivity index (χ1) is 14.0. The maximum absolute atomic E-state index is 12.4. The van der Waals surface area contributed by atoms with Gasteiger partial charge in [0.2, 0.25) is 4.96 Å². The van der Waals surface area contributed by atoms with Crippen molar-refractivity contribution in [2.75, 3.05) is 5.32 Å². The molecule has 2 heterocycles. The smallest absolute Gasteiger partial charge is 0.257 e. The Morgan fingerprint density at radius 1 is 1.17 bits per heavy atom. The van der Waals surface area contributed by atoms with Gasteiger partial charge in [-0.1, -0.05) is 48.6 Å². The third-order valence-corrected chi connectivity index (χ3v) is 5.51. The molecule has 0 aliphatic rings. The van der Waals surface area contributed by atoms with Crippen LogP contribution in [0.2, 0.25) is 0 Å². The van der Waals surface area contributed by atoms with Crippen LogP contribution in [0.4, 0.5) is 5.69 Å². The highest BCUT2D eigenvalue weighted by atomic mass is 32.1. The summed E-state index contributed by atoms with van der Waals surface area (Å²) >= 11 is 6.78. The fraction of sp³-hybridized carbons (Fsp3) is 0.150. The lowest BCUT2D eigenvalue weighted by molar-refractivity contribution is 0.0977. The zero-order valence-electron chi connectivity index (χ0n) is 15.8. The van der Waals surface area contributed by atoms with Crippen LogP contribution in [0.5, 0.6) is 0 Å². The lowest BCUT2D eigenvalue weighted by atomic mass is 10.1. The molecule has 0 saturated heterocycles. The molecule has 0 spiro atoms. The number of rotatable bonds is 4. The monoisotopic (exact) mass is 422 g/mol. The highest BCUT2D eigenvalue weighted by Crippen LogP contribution is 2.27. The Kier molecular flexibility index (Phi) is 5.32. The molecule has 29 heavy (non-hydrogen) atoms. The molecular formula is C20H18N6OS2. The number of fused-ring (bicyclic) bond motifs is 1. The zero-order chi connectivity index (χ0) is 20.4. The molecule has 0 radical (unpaired) electrons. The summed E-state index contributed by atoms with van der Waals surface area (Å²) < 4.78 is 1.77. The van der Waals surface area contributed by atoms with Crippen LogP contribution in [0.25, 0.3) is 15.5 Å². The van der Waals surface area contributed by atoms with Crippen molar-refractivity contribution in [2.24, 2.45) is 0 Å². The third-order valence-electron chi connectivity index (χ3n) is 4.36. The fourth-order valence-electron chi connectivity index (χ4n) is 2.89. The predicted octanol–water partition coefficient (Wildman–Crippen LogP) is 3.85. The van der Waals surface area contributed by atoms with Gasteiger partial charge < -0.3 is 5.32 Å². The van der Waals surface area contributed by atoms with E-state index in [1.54, 1.807) is 10.6 Å². The molecule has 4 aromatic rings. The van der Waals surface area contributed by atoms with Crippen molar-refractivity contribution in [1.29, 1.82) is 0 Å². The van der Waals surface area contributed by atoms with E-state index in [-0.39, 0.29) is 11.0 Å². The molecule has 0 saturated carbocycles. The first kappa shape index (κ1) is 19.2. The van der Waals surface area contributed by atoms with Gasteiger partial charge in [-0.2, -0.15) is 9.61 Å². The van der Waals surface area contributed by atoms with Crippen molar-refractivity contribution >= 4 is 45.2 Å². The Bertz CT molecular complexity index is 1210. The molecule has 7 nitrogen and oxygen atoms in total. The van der Waals surface area contributed by atoms with Crippen molar-refractivity contribution < 1.29 is 4.79 Å². The molecular weight excluding hydrogens is 404 g/mol. The molecule has 0 fully saturated rings. The van der Waals surface area contributed by atoms with Crippen LogP contribution >= 0.6 is 23.6 Å². The summed E-state index contributed by atoms with van der Waals surface area (Å²) in [4.78, 5) is 13.2. The maximum Gasteiger partial charge on any atom is 0.257 e. The van der Waals surface area contributed by atoms with Gasteiger partial charge in [-0.15, -0.1) is 10.2 Å². The minimum atomic E-state index is -0.238. The second kappa shape index (κ2) is 8.06. The summed E-state index contributed by atoms with van der Waals surface area (Å²) in [6, 6.07) is 15.1. The van der Waals surface area contributed by atoms with Gasteiger partial charge in [0.25, 0.3) is 5.91 Å². The van der Waals surface area contributed by atoms with Crippen LogP contribution < -0.4 is 10.6 Å². The second-order valence-corrected chi connectivity index (χ2v) is 7.74. The van der Waals surface area contributed by atoms with Crippen LogP contribution in [0.1, 0.15) is 28.7 Å². The second-order valence-electron chi connectivity index (χ2n) is 6.38. The van der Waals surface area contributed by atoms with Gasteiger partial charge in [0.05, 0.1) is 0 Å². The summed E-state index contributed by atoms with van der Waals surface area (Å²) in [5, 5.41) is 19.7. The summed E-state index contributed by atoms with van der Waals surface area (Å²) in [5.74, 6) is 0.592. The summed E-state index contributed by atoms with van der Waals surface area (Å²) in [7, 11) is 0. The molecule has 4 rings (SSSR count). The molecule has 9 heteroatoms. The Hall–Kier alpha value is -3.17. The van der Waals surface area contributed by atoms with E-state index < -0.39 is 0 Å². The van der Waals surface area contributed by atoms with Crippen LogP contribution in [-0.4, -0.2) is 30.8 Å². The van der Waals surface area contributed by atoms with E-state index in [4.69, 9.17) is 12.2 Å². The van der Waals surface area contributed by atoms with Gasteiger partial charge >= 0.3 is 0 Å². The molecule has 0 bridgehead atoms. The SMILES string of the molecule is CCc1nnc2sc(-c3cccc(NC(=S)NC(=O)c4ccccc4C)c3)nn12. The standard InChI is InChI=1S/C20H18N6OS2/c1-3-16-23-24-20-26(16)25-18(29-20)13-8-6-9-14(11-13)21-19(28)22-17(27)15-10-5-4-7-12(15)2/h4-11H,3H2,1-2H3,(H2,21,22,27,28). The molecule has 0 aliphatic heterocycles. The maximum atomic E-state index is 12.4. The normalized spacial score (nSPS) is 10.8. The average Bonchev–Trinajstić information content (AvgIpc) is 3.29. The predicted molar refractivity (Wildman–Crippen MR) is 118 cm³/mol. The third kappa shape index (κ3) is 4.01. The van der Waals surface area contributed by atoms with E-state index in [1.165, 1.54) is 11.3 Å². The number of hydrogen-bond donors (Lipinski definition) is 2. The molecule has 146 valence electrons. The summed E-state index contributed by atoms with van der Waals surface area (Å²) in [5.41, 5.74) is 3.18. The molecule has 0 aliphatic carbocycles. The lowest BCUT2D eigenvalue weighted by Crippen LogP contribution is -2.34. The Balaban J connectivity index is 1.49. The number of anilines is 1. The van der Waals surface area contributed by atoms with Crippen molar-refractivity contribution in [3.8, 4) is 10.6 Å². The largest absolute Gasteiger partial charge is 0.332 e. The van der Waals surface area contributed by atoms with E-state index in [2.05, 4.69) is 25.9 Å². The van der Waals surface area contributed by atoms with Crippen molar-refractivity contribution in [3.05, 3.63) is 65.5 Å². The molecule has 2 aromatic heterocycles. The van der Waals surface area contributed by atoms with Crippen molar-refractivity contribution in [2.45, 2.75) is 20.3 Å². The van der Waals surface area contributed by atoms with Gasteiger partial charge in [-0.25, -0.2) is 0 Å². The molecule has 2 N–H and O–H groups in total. The van der Waals surface area contributed by atoms with E-state index in [1.807, 2.05) is 56.3 Å². The van der Waals surface area contributed by atoms with Gasteiger partial charge in [0.1, 0.15) is 5.01 Å². The zero-order valence-corrected chi connectivity index (χ0v) is 17.5. The lowest BCUT2D eigenvalue weighted by Gasteiger charge is -2.11. The topological polar surface area (TPSA) is 84.2 Å². The number of nitrogens with one attached hydrogen (secondary N) is 2. The van der Waals surface area contributed by atoms with E-state index in [9.17, 15) is 4.79 Å². The van der Waals surface area contributed by atoms with Gasteiger partial charge in [-0.05, 0) is 42.9 Å². The van der Waals surface area contributed by atoms with Crippen LogP contribution in [-0.2, 0) is 6.42 Å². The first-order valence-corrected chi connectivity index (χ1v) is 10.3. The fourth-order valence-corrected chi connectivity index (χ4v) is 3.95. The quantitative estimate of drug-likeness (QED) is 0.486. The number of carbonyl (C=O) groups is 1. The van der Waals surface area contributed by atoms with Crippen LogP contribution in [0, 0.1) is 6.92 Å². The molecule has 1 amide bonds. The number of thiocarbonyl (C=S) groups is 1. The number of aryl methyl sites for hydroxylation is 2. The van der Waals surface area contributed by atoms with Gasteiger partial charge in [0.15, 0.2) is 10.9 Å². The summed E-state index contributed by atoms with van der Waals surface area (Å²) in [6.45, 7) is 3.91. The van der Waals surface area contributed by atoms with E-state index in [0.29, 0.717) is 5.56 Å². The number of carbonyl (C=O) groups excluding carboxylic acids is 1. The summed E-state index contributed by atoms with van der Waals surface area (Å²) in [6.07, 6.45) is 0.765. The number of nitrogens with zero attached hydrogens (tertiary/aromatic N) is 4. The molecule has 2 aromatic carbocycles. The highest BCUT2D eigenvalue weighted by Gasteiger charge is 2.13. The van der Waals surface area contributed by atoms with Crippen molar-refractivity contribution in [1.82, 2.24) is 25.1 Å². The van der Waals surface area contributed by atoms with Crippen LogP contribution in [0.3, 0.4) is 0 Å². The van der Waals surface area contributed by atoms with E-state index in [0.717, 1.165) is 39.0 Å². The average molecular weight is 423 g/mol. The number of aromatic nitrogens is 4. The van der Waals surface area contributed by atoms with Crippen LogP contribution in [0.15, 0.2) is 48.5 Å². The van der Waals surface area contributed by atoms with E-state index >= 15 is 0 Å². The highest BCUT2D eigenvalue weighted by molar-refractivity contribution is 7.80. The Morgan fingerprint density at radius 3 is 2.79 bits per heavy atom. The van der Waals surface area contributed by atoms with Gasteiger partial charge in [-0.3, -0.25) is 10.1 Å². The minimum absolute atomic E-state index is 0.238. The minimum Gasteiger partial charge on any atom is -0.332 e. The molecule has 0 atom stereocenters. The number of amides is 1. The Morgan fingerprint density at radius 2 is 2.00 bits per heavy atom. The number of hydrogen-bond acceptors (Lipinski definition) is 6. The van der Waals surface area contributed by atoms with Crippen molar-refractivity contribution in [3.63, 3.8) is 0 Å². The van der Waals surface area contributed by atoms with Gasteiger partial charge in [0, 0.05) is 23.2 Å².